The van der Waals surface area contributed by atoms with Crippen LogP contribution in [0.25, 0.3) is 11.0 Å². The second-order valence-electron chi connectivity index (χ2n) is 6.63. The fraction of sp³-hybridized carbons (Fsp3) is 0.556. The van der Waals surface area contributed by atoms with Gasteiger partial charge in [0.25, 0.3) is 0 Å². The summed E-state index contributed by atoms with van der Waals surface area (Å²) in [6.45, 7) is 7.75. The van der Waals surface area contributed by atoms with Crippen molar-refractivity contribution in [2.75, 3.05) is 0 Å². The van der Waals surface area contributed by atoms with Gasteiger partial charge in [0.2, 0.25) is 0 Å². The molecule has 1 saturated carbocycles. The van der Waals surface area contributed by atoms with E-state index in [1.807, 2.05) is 6.07 Å². The molecule has 1 aromatic heterocycles. The minimum absolute atomic E-state index is 0.654. The SMILES string of the molecule is Cc1oc2ccccc2c1CNC1CC(C)CC(C)C1. The van der Waals surface area contributed by atoms with Gasteiger partial charge in [-0.05, 0) is 44.1 Å². The summed E-state index contributed by atoms with van der Waals surface area (Å²) in [5, 5.41) is 5.02. The summed E-state index contributed by atoms with van der Waals surface area (Å²) in [6.07, 6.45) is 3.99. The first-order chi connectivity index (χ1) is 9.63. The van der Waals surface area contributed by atoms with Crippen molar-refractivity contribution in [3.05, 3.63) is 35.6 Å². The predicted molar refractivity (Wildman–Crippen MR) is 83.8 cm³/mol. The third-order valence-corrected chi connectivity index (χ3v) is 4.65. The largest absolute Gasteiger partial charge is 0.461 e. The van der Waals surface area contributed by atoms with Gasteiger partial charge in [-0.15, -0.1) is 0 Å². The normalized spacial score (nSPS) is 27.1. The Morgan fingerprint density at radius 1 is 1.10 bits per heavy atom. The maximum absolute atomic E-state index is 5.84. The van der Waals surface area contributed by atoms with Crippen LogP contribution < -0.4 is 5.32 Å². The van der Waals surface area contributed by atoms with Crippen molar-refractivity contribution in [3.8, 4) is 0 Å². The zero-order valence-corrected chi connectivity index (χ0v) is 12.8. The Labute approximate surface area is 121 Å². The van der Waals surface area contributed by atoms with Gasteiger partial charge in [0, 0.05) is 23.5 Å². The highest BCUT2D eigenvalue weighted by atomic mass is 16.3. The zero-order chi connectivity index (χ0) is 14.1. The Morgan fingerprint density at radius 2 is 1.80 bits per heavy atom. The highest BCUT2D eigenvalue weighted by molar-refractivity contribution is 5.82. The average molecular weight is 271 g/mol. The highest BCUT2D eigenvalue weighted by Gasteiger charge is 2.24. The molecule has 0 saturated heterocycles. The third kappa shape index (κ3) is 2.76. The summed E-state index contributed by atoms with van der Waals surface area (Å²) in [7, 11) is 0. The van der Waals surface area contributed by atoms with E-state index < -0.39 is 0 Å². The molecule has 3 rings (SSSR count). The molecular formula is C18H25NO. The first kappa shape index (κ1) is 13.7. The Morgan fingerprint density at radius 3 is 2.55 bits per heavy atom. The summed E-state index contributed by atoms with van der Waals surface area (Å²) in [4.78, 5) is 0. The van der Waals surface area contributed by atoms with Gasteiger partial charge in [-0.2, -0.15) is 0 Å². The van der Waals surface area contributed by atoms with Gasteiger partial charge in [0.1, 0.15) is 11.3 Å². The third-order valence-electron chi connectivity index (χ3n) is 4.65. The van der Waals surface area contributed by atoms with E-state index in [9.17, 15) is 0 Å². The maximum Gasteiger partial charge on any atom is 0.134 e. The number of fused-ring (bicyclic) bond motifs is 1. The second kappa shape index (κ2) is 5.61. The minimum atomic E-state index is 0.654. The van der Waals surface area contributed by atoms with Crippen molar-refractivity contribution < 1.29 is 4.42 Å². The van der Waals surface area contributed by atoms with Crippen LogP contribution in [0, 0.1) is 18.8 Å². The van der Waals surface area contributed by atoms with Gasteiger partial charge in [-0.1, -0.05) is 32.0 Å². The van der Waals surface area contributed by atoms with Crippen LogP contribution in [0.3, 0.4) is 0 Å². The van der Waals surface area contributed by atoms with E-state index >= 15 is 0 Å². The molecule has 0 aliphatic heterocycles. The van der Waals surface area contributed by atoms with E-state index in [4.69, 9.17) is 4.42 Å². The van der Waals surface area contributed by atoms with Crippen molar-refractivity contribution in [2.45, 2.75) is 52.6 Å². The molecule has 2 unspecified atom stereocenters. The molecule has 1 aliphatic carbocycles. The van der Waals surface area contributed by atoms with Crippen molar-refractivity contribution >= 4 is 11.0 Å². The van der Waals surface area contributed by atoms with Crippen LogP contribution in [0.1, 0.15) is 44.4 Å². The number of para-hydroxylation sites is 1. The van der Waals surface area contributed by atoms with Gasteiger partial charge < -0.3 is 9.73 Å². The van der Waals surface area contributed by atoms with Crippen LogP contribution >= 0.6 is 0 Å². The zero-order valence-electron chi connectivity index (χ0n) is 12.8. The minimum Gasteiger partial charge on any atom is -0.461 e. The number of hydrogen-bond donors (Lipinski definition) is 1. The number of hydrogen-bond acceptors (Lipinski definition) is 2. The Bertz CT molecular complexity index is 576. The molecule has 0 spiro atoms. The topological polar surface area (TPSA) is 25.2 Å². The lowest BCUT2D eigenvalue weighted by Crippen LogP contribution is -2.35. The van der Waals surface area contributed by atoms with Gasteiger partial charge in [0.15, 0.2) is 0 Å². The lowest BCUT2D eigenvalue weighted by atomic mass is 9.80. The van der Waals surface area contributed by atoms with E-state index in [0.29, 0.717) is 6.04 Å². The lowest BCUT2D eigenvalue weighted by molar-refractivity contribution is 0.238. The first-order valence-corrected chi connectivity index (χ1v) is 7.84. The summed E-state index contributed by atoms with van der Waals surface area (Å²) < 4.78 is 5.84. The number of nitrogens with one attached hydrogen (secondary N) is 1. The molecule has 20 heavy (non-hydrogen) atoms. The Hall–Kier alpha value is -1.28. The van der Waals surface area contributed by atoms with E-state index in [2.05, 4.69) is 44.3 Å². The molecule has 1 aromatic carbocycles. The van der Waals surface area contributed by atoms with Crippen molar-refractivity contribution in [2.24, 2.45) is 11.8 Å². The number of aryl methyl sites for hydroxylation is 1. The molecule has 1 N–H and O–H groups in total. The van der Waals surface area contributed by atoms with Crippen molar-refractivity contribution in [3.63, 3.8) is 0 Å². The summed E-state index contributed by atoms with van der Waals surface area (Å²) >= 11 is 0. The highest BCUT2D eigenvalue weighted by Crippen LogP contribution is 2.30. The van der Waals surface area contributed by atoms with Gasteiger partial charge in [0.05, 0.1) is 0 Å². The van der Waals surface area contributed by atoms with E-state index in [0.717, 1.165) is 29.7 Å². The number of benzene rings is 1. The molecule has 0 amide bonds. The molecule has 2 heteroatoms. The average Bonchev–Trinajstić information content (AvgIpc) is 2.71. The van der Waals surface area contributed by atoms with Crippen molar-refractivity contribution in [1.82, 2.24) is 5.32 Å². The number of furan rings is 1. The van der Waals surface area contributed by atoms with Crippen LogP contribution in [0.4, 0.5) is 0 Å². The van der Waals surface area contributed by atoms with Crippen LogP contribution in [0.2, 0.25) is 0 Å². The summed E-state index contributed by atoms with van der Waals surface area (Å²) in [6, 6.07) is 8.99. The van der Waals surface area contributed by atoms with Gasteiger partial charge in [-0.3, -0.25) is 0 Å². The fourth-order valence-corrected chi connectivity index (χ4v) is 3.80. The van der Waals surface area contributed by atoms with Crippen LogP contribution in [-0.4, -0.2) is 6.04 Å². The Kier molecular flexibility index (Phi) is 3.84. The summed E-state index contributed by atoms with van der Waals surface area (Å²) in [5.74, 6) is 2.74. The molecule has 2 aromatic rings. The predicted octanol–water partition coefficient (Wildman–Crippen LogP) is 4.66. The molecule has 108 valence electrons. The van der Waals surface area contributed by atoms with E-state index in [1.165, 1.54) is 30.2 Å². The van der Waals surface area contributed by atoms with Crippen LogP contribution in [0.15, 0.2) is 28.7 Å². The molecule has 1 fully saturated rings. The standard InChI is InChI=1S/C18H25NO/c1-12-8-13(2)10-15(9-12)19-11-17-14(3)20-18-7-5-4-6-16(17)18/h4-7,12-13,15,19H,8-11H2,1-3H3. The van der Waals surface area contributed by atoms with E-state index in [-0.39, 0.29) is 0 Å². The molecule has 2 atom stereocenters. The van der Waals surface area contributed by atoms with E-state index in [1.54, 1.807) is 0 Å². The Balaban J connectivity index is 1.72. The van der Waals surface area contributed by atoms with Gasteiger partial charge >= 0.3 is 0 Å². The monoisotopic (exact) mass is 271 g/mol. The molecule has 1 heterocycles. The molecule has 2 nitrogen and oxygen atoms in total. The molecule has 1 aliphatic rings. The molecular weight excluding hydrogens is 246 g/mol. The molecule has 0 radical (unpaired) electrons. The maximum atomic E-state index is 5.84. The lowest BCUT2D eigenvalue weighted by Gasteiger charge is -2.32. The van der Waals surface area contributed by atoms with Gasteiger partial charge in [-0.25, -0.2) is 0 Å². The van der Waals surface area contributed by atoms with Crippen molar-refractivity contribution in [1.29, 1.82) is 0 Å². The van der Waals surface area contributed by atoms with Crippen LogP contribution in [-0.2, 0) is 6.54 Å². The van der Waals surface area contributed by atoms with Crippen LogP contribution in [0.5, 0.6) is 0 Å². The fourth-order valence-electron chi connectivity index (χ4n) is 3.80. The second-order valence-corrected chi connectivity index (χ2v) is 6.63. The smallest absolute Gasteiger partial charge is 0.134 e. The first-order valence-electron chi connectivity index (χ1n) is 7.84. The molecule has 0 bridgehead atoms. The number of rotatable bonds is 3. The summed E-state index contributed by atoms with van der Waals surface area (Å²) in [5.41, 5.74) is 2.33. The quantitative estimate of drug-likeness (QED) is 0.878.